The number of amides is 1. The Labute approximate surface area is 182 Å². The van der Waals surface area contributed by atoms with E-state index in [0.29, 0.717) is 17.0 Å². The van der Waals surface area contributed by atoms with Gasteiger partial charge in [0.15, 0.2) is 0 Å². The summed E-state index contributed by atoms with van der Waals surface area (Å²) >= 11 is 0. The van der Waals surface area contributed by atoms with Gasteiger partial charge in [0.25, 0.3) is 5.91 Å². The molecule has 2 aromatic heterocycles. The first-order valence-corrected chi connectivity index (χ1v) is 9.73. The number of anilines is 1. The minimum Gasteiger partial charge on any atom is -0.496 e. The lowest BCUT2D eigenvalue weighted by Crippen LogP contribution is -2.41. The van der Waals surface area contributed by atoms with Crippen LogP contribution in [0.5, 0.6) is 5.75 Å². The minimum absolute atomic E-state index is 0.0605. The third kappa shape index (κ3) is 4.46. The van der Waals surface area contributed by atoms with Crippen LogP contribution in [0.25, 0.3) is 11.0 Å². The van der Waals surface area contributed by atoms with E-state index < -0.39 is 30.3 Å². The van der Waals surface area contributed by atoms with Crippen LogP contribution in [0.15, 0.2) is 30.9 Å². The summed E-state index contributed by atoms with van der Waals surface area (Å²) in [5.74, 6) is -3.08. The van der Waals surface area contributed by atoms with Crippen molar-refractivity contribution in [1.82, 2.24) is 20.3 Å². The number of aromatic nitrogens is 3. The molecule has 168 valence electrons. The molecule has 3 aromatic rings. The highest BCUT2D eigenvalue weighted by Crippen LogP contribution is 2.39. The van der Waals surface area contributed by atoms with Crippen LogP contribution in [0.3, 0.4) is 0 Å². The second kappa shape index (κ2) is 9.33. The number of rotatable bonds is 9. The van der Waals surface area contributed by atoms with Crippen LogP contribution in [0.1, 0.15) is 47.2 Å². The Kier molecular flexibility index (Phi) is 6.57. The van der Waals surface area contributed by atoms with E-state index in [2.05, 4.69) is 20.3 Å². The van der Waals surface area contributed by atoms with Crippen molar-refractivity contribution >= 4 is 34.6 Å². The molecule has 0 saturated heterocycles. The first-order chi connectivity index (χ1) is 15.2. The molecular formula is C21H23N5O6. The Morgan fingerprint density at radius 2 is 2.03 bits per heavy atom. The van der Waals surface area contributed by atoms with Gasteiger partial charge in [-0.15, -0.1) is 0 Å². The molecule has 3 rings (SSSR count). The molecule has 2 heterocycles. The quantitative estimate of drug-likeness (QED) is 0.309. The molecule has 2 unspecified atom stereocenters. The fraction of sp³-hybridized carbons (Fsp3) is 0.286. The van der Waals surface area contributed by atoms with Crippen LogP contribution in [0, 0.1) is 0 Å². The number of carbonyl (C=O) groups is 3. The van der Waals surface area contributed by atoms with Crippen LogP contribution >= 0.6 is 0 Å². The Morgan fingerprint density at radius 3 is 2.69 bits per heavy atom. The van der Waals surface area contributed by atoms with E-state index in [9.17, 15) is 19.5 Å². The average Bonchev–Trinajstić information content (AvgIpc) is 3.19. The van der Waals surface area contributed by atoms with Crippen molar-refractivity contribution in [2.24, 2.45) is 0 Å². The zero-order valence-electron chi connectivity index (χ0n) is 17.5. The summed E-state index contributed by atoms with van der Waals surface area (Å²) in [5, 5.41) is 21.3. The van der Waals surface area contributed by atoms with Gasteiger partial charge in [-0.1, -0.05) is 6.92 Å². The Morgan fingerprint density at radius 1 is 1.28 bits per heavy atom. The van der Waals surface area contributed by atoms with Gasteiger partial charge >= 0.3 is 11.9 Å². The standard InChI is InChI=1S/C21H23N5O6/c1-10(12-8-24-19-13(12)7-23-9-25-19)17-15(32-2)5-3-11(18(17)22)20(29)26-14(21(30)31)4-6-16(27)28/h3,5,7-10,14H,4,6,22H2,1-2H3,(H,26,29)(H,27,28)(H,30,31)(H,23,24,25). The lowest BCUT2D eigenvalue weighted by atomic mass is 9.89. The van der Waals surface area contributed by atoms with E-state index >= 15 is 0 Å². The number of fused-ring (bicyclic) bond motifs is 1. The lowest BCUT2D eigenvalue weighted by Gasteiger charge is -2.21. The number of nitrogen functional groups attached to an aromatic ring is 1. The Balaban J connectivity index is 1.97. The zero-order valence-corrected chi connectivity index (χ0v) is 17.5. The van der Waals surface area contributed by atoms with E-state index in [-0.39, 0.29) is 23.6 Å². The predicted octanol–water partition coefficient (Wildman–Crippen LogP) is 1.75. The Bertz CT molecular complexity index is 1170. The molecule has 0 radical (unpaired) electrons. The highest BCUT2D eigenvalue weighted by atomic mass is 16.5. The highest BCUT2D eigenvalue weighted by molar-refractivity contribution is 6.02. The second-order valence-electron chi connectivity index (χ2n) is 7.19. The molecule has 0 saturated carbocycles. The Hall–Kier alpha value is -4.15. The maximum absolute atomic E-state index is 12.8. The van der Waals surface area contributed by atoms with E-state index in [4.69, 9.17) is 15.6 Å². The van der Waals surface area contributed by atoms with E-state index in [1.54, 1.807) is 18.5 Å². The summed E-state index contributed by atoms with van der Waals surface area (Å²) in [6.45, 7) is 1.89. The fourth-order valence-electron chi connectivity index (χ4n) is 3.59. The first kappa shape index (κ1) is 22.5. The smallest absolute Gasteiger partial charge is 0.326 e. The number of carboxylic acid groups (broad SMARTS) is 2. The third-order valence-corrected chi connectivity index (χ3v) is 5.25. The van der Waals surface area contributed by atoms with Crippen molar-refractivity contribution in [3.8, 4) is 5.75 Å². The van der Waals surface area contributed by atoms with Gasteiger partial charge in [0.2, 0.25) is 0 Å². The van der Waals surface area contributed by atoms with Gasteiger partial charge < -0.3 is 31.0 Å². The number of H-pyrrole nitrogens is 1. The van der Waals surface area contributed by atoms with Crippen molar-refractivity contribution in [3.63, 3.8) is 0 Å². The summed E-state index contributed by atoms with van der Waals surface area (Å²) in [7, 11) is 1.48. The summed E-state index contributed by atoms with van der Waals surface area (Å²) in [6.07, 6.45) is 4.22. The van der Waals surface area contributed by atoms with E-state index in [0.717, 1.165) is 10.9 Å². The second-order valence-corrected chi connectivity index (χ2v) is 7.19. The van der Waals surface area contributed by atoms with Crippen molar-refractivity contribution < 1.29 is 29.3 Å². The van der Waals surface area contributed by atoms with Gasteiger partial charge in [0.05, 0.1) is 18.4 Å². The SMILES string of the molecule is COc1ccc(C(=O)NC(CCC(=O)O)C(=O)O)c(N)c1C(C)c1c[nH]c2ncncc12. The van der Waals surface area contributed by atoms with E-state index in [1.165, 1.54) is 19.5 Å². The number of nitrogens with zero attached hydrogens (tertiary/aromatic N) is 2. The molecule has 0 aliphatic carbocycles. The monoisotopic (exact) mass is 441 g/mol. The van der Waals surface area contributed by atoms with Gasteiger partial charge in [-0.2, -0.15) is 0 Å². The average molecular weight is 441 g/mol. The number of methoxy groups -OCH3 is 1. The molecule has 0 bridgehead atoms. The highest BCUT2D eigenvalue weighted by Gasteiger charge is 2.27. The molecule has 0 spiro atoms. The maximum atomic E-state index is 12.8. The molecule has 0 fully saturated rings. The molecule has 0 aliphatic heterocycles. The summed E-state index contributed by atoms with van der Waals surface area (Å²) < 4.78 is 5.46. The number of carbonyl (C=O) groups excluding carboxylic acids is 1. The topological polar surface area (TPSA) is 181 Å². The molecule has 0 aliphatic rings. The van der Waals surface area contributed by atoms with Crippen molar-refractivity contribution in [2.75, 3.05) is 12.8 Å². The number of nitrogens with one attached hydrogen (secondary N) is 2. The number of hydrogen-bond acceptors (Lipinski definition) is 7. The molecule has 32 heavy (non-hydrogen) atoms. The largest absolute Gasteiger partial charge is 0.496 e. The summed E-state index contributed by atoms with van der Waals surface area (Å²) in [6, 6.07) is 1.65. The summed E-state index contributed by atoms with van der Waals surface area (Å²) in [4.78, 5) is 46.4. The number of aromatic amines is 1. The molecule has 6 N–H and O–H groups in total. The number of hydrogen-bond donors (Lipinski definition) is 5. The van der Waals surface area contributed by atoms with Crippen LogP contribution in [-0.4, -0.2) is 56.2 Å². The molecular weight excluding hydrogens is 418 g/mol. The van der Waals surface area contributed by atoms with Crippen molar-refractivity contribution in [1.29, 1.82) is 0 Å². The normalized spacial score (nSPS) is 12.8. The number of carboxylic acids is 2. The van der Waals surface area contributed by atoms with Crippen LogP contribution in [0.2, 0.25) is 0 Å². The number of nitrogens with two attached hydrogens (primary N) is 1. The lowest BCUT2D eigenvalue weighted by molar-refractivity contribution is -0.140. The number of benzene rings is 1. The fourth-order valence-corrected chi connectivity index (χ4v) is 3.59. The molecule has 2 atom stereocenters. The predicted molar refractivity (Wildman–Crippen MR) is 115 cm³/mol. The zero-order chi connectivity index (χ0) is 23.4. The van der Waals surface area contributed by atoms with Gasteiger partial charge in [0.1, 0.15) is 23.8 Å². The van der Waals surface area contributed by atoms with Gasteiger partial charge in [-0.25, -0.2) is 14.8 Å². The van der Waals surface area contributed by atoms with Crippen LogP contribution in [-0.2, 0) is 9.59 Å². The maximum Gasteiger partial charge on any atom is 0.326 e. The number of aliphatic carboxylic acids is 2. The molecule has 1 aromatic carbocycles. The van der Waals surface area contributed by atoms with Gasteiger partial charge in [0, 0.05) is 35.7 Å². The number of ether oxygens (including phenoxy) is 1. The summed E-state index contributed by atoms with van der Waals surface area (Å²) in [5.41, 5.74) is 8.58. The van der Waals surface area contributed by atoms with Crippen molar-refractivity contribution in [3.05, 3.63) is 47.5 Å². The van der Waals surface area contributed by atoms with Gasteiger partial charge in [-0.3, -0.25) is 9.59 Å². The molecule has 1 amide bonds. The minimum atomic E-state index is -1.37. The van der Waals surface area contributed by atoms with Crippen LogP contribution in [0.4, 0.5) is 5.69 Å². The molecule has 11 heteroatoms. The van der Waals surface area contributed by atoms with Crippen molar-refractivity contribution in [2.45, 2.75) is 31.7 Å². The first-order valence-electron chi connectivity index (χ1n) is 9.73. The third-order valence-electron chi connectivity index (χ3n) is 5.25. The van der Waals surface area contributed by atoms with E-state index in [1.807, 2.05) is 6.92 Å². The van der Waals surface area contributed by atoms with Crippen LogP contribution < -0.4 is 15.8 Å². The van der Waals surface area contributed by atoms with Gasteiger partial charge in [-0.05, 0) is 24.1 Å². The molecule has 11 nitrogen and oxygen atoms in total.